The molecular weight excluding hydrogens is 319 g/mol. The molecule has 0 aliphatic carbocycles. The van der Waals surface area contributed by atoms with Crippen LogP contribution in [0.1, 0.15) is 17.2 Å². The maximum Gasteiger partial charge on any atom is 0.416 e. The van der Waals surface area contributed by atoms with Crippen LogP contribution in [-0.4, -0.2) is 5.91 Å². The van der Waals surface area contributed by atoms with E-state index in [9.17, 15) is 18.0 Å². The normalized spacial score (nSPS) is 12.7. The summed E-state index contributed by atoms with van der Waals surface area (Å²) < 4.78 is 43.3. The molecule has 0 fully saturated rings. The highest BCUT2D eigenvalue weighted by molar-refractivity contribution is 6.30. The molecule has 7 heteroatoms. The van der Waals surface area contributed by atoms with E-state index in [0.717, 1.165) is 12.1 Å². The lowest BCUT2D eigenvalue weighted by atomic mass is 10.1. The fraction of sp³-hybridized carbons (Fsp3) is 0.133. The summed E-state index contributed by atoms with van der Waals surface area (Å²) in [5, 5.41) is 0.450. The molecule has 0 aliphatic rings. The average Bonchev–Trinajstić information content (AvgIpc) is 2.45. The predicted octanol–water partition coefficient (Wildman–Crippen LogP) is 3.96. The van der Waals surface area contributed by atoms with Gasteiger partial charge in [0.15, 0.2) is 0 Å². The molecule has 0 bridgehead atoms. The summed E-state index contributed by atoms with van der Waals surface area (Å²) in [6.45, 7) is 0. The monoisotopic (exact) mass is 329 g/mol. The fourth-order valence-electron chi connectivity index (χ4n) is 1.81. The summed E-state index contributed by atoms with van der Waals surface area (Å²) in [5.41, 5.74) is 4.79. The molecule has 0 saturated carbocycles. The zero-order valence-corrected chi connectivity index (χ0v) is 11.9. The first kappa shape index (κ1) is 16.2. The number of primary amides is 1. The number of hydrogen-bond donors (Lipinski definition) is 1. The highest BCUT2D eigenvalue weighted by Crippen LogP contribution is 2.32. The second-order valence-corrected chi connectivity index (χ2v) is 4.91. The van der Waals surface area contributed by atoms with E-state index < -0.39 is 23.8 Å². The fourth-order valence-corrected chi connectivity index (χ4v) is 1.94. The number of nitrogens with two attached hydrogens (primary N) is 1. The molecular formula is C15H11ClF3NO2. The molecule has 0 spiro atoms. The Hall–Kier alpha value is -2.21. The van der Waals surface area contributed by atoms with E-state index in [4.69, 9.17) is 22.1 Å². The molecule has 0 radical (unpaired) electrons. The van der Waals surface area contributed by atoms with Gasteiger partial charge in [0.2, 0.25) is 6.10 Å². The molecule has 2 rings (SSSR count). The Kier molecular flexibility index (Phi) is 4.61. The first-order valence-corrected chi connectivity index (χ1v) is 6.54. The first-order valence-electron chi connectivity index (χ1n) is 6.16. The summed E-state index contributed by atoms with van der Waals surface area (Å²) in [4.78, 5) is 11.5. The Morgan fingerprint density at radius 2 is 1.77 bits per heavy atom. The van der Waals surface area contributed by atoms with Gasteiger partial charge in [-0.15, -0.1) is 0 Å². The third-order valence-electron chi connectivity index (χ3n) is 2.85. The van der Waals surface area contributed by atoms with Crippen LogP contribution in [0.3, 0.4) is 0 Å². The minimum atomic E-state index is -4.50. The largest absolute Gasteiger partial charge is 0.476 e. The molecule has 1 unspecified atom stereocenters. The molecule has 0 aliphatic heterocycles. The summed E-state index contributed by atoms with van der Waals surface area (Å²) in [6.07, 6.45) is -5.71. The van der Waals surface area contributed by atoms with E-state index >= 15 is 0 Å². The van der Waals surface area contributed by atoms with Crippen LogP contribution in [0.15, 0.2) is 48.5 Å². The third kappa shape index (κ3) is 3.92. The molecule has 116 valence electrons. The van der Waals surface area contributed by atoms with Crippen molar-refractivity contribution >= 4 is 17.5 Å². The van der Waals surface area contributed by atoms with Gasteiger partial charge in [-0.3, -0.25) is 4.79 Å². The standard InChI is InChI=1S/C15H11ClF3NO2/c16-11-6-4-9(5-7-11)13(14(20)21)22-12-3-1-2-10(8-12)15(17,18)19/h1-8,13H,(H2,20,21). The Balaban J connectivity index is 2.29. The van der Waals surface area contributed by atoms with Crippen LogP contribution in [0.4, 0.5) is 13.2 Å². The number of hydrogen-bond acceptors (Lipinski definition) is 2. The van der Waals surface area contributed by atoms with E-state index in [1.807, 2.05) is 0 Å². The number of amides is 1. The lowest BCUT2D eigenvalue weighted by Crippen LogP contribution is -2.26. The second kappa shape index (κ2) is 6.27. The van der Waals surface area contributed by atoms with Gasteiger partial charge in [0.05, 0.1) is 5.56 Å². The van der Waals surface area contributed by atoms with E-state index in [-0.39, 0.29) is 5.75 Å². The molecule has 22 heavy (non-hydrogen) atoms. The zero-order chi connectivity index (χ0) is 16.3. The summed E-state index contributed by atoms with van der Waals surface area (Å²) in [6, 6.07) is 10.3. The molecule has 2 N–H and O–H groups in total. The van der Waals surface area contributed by atoms with E-state index in [0.29, 0.717) is 10.6 Å². The maximum absolute atomic E-state index is 12.7. The number of carbonyl (C=O) groups excluding carboxylic acids is 1. The minimum absolute atomic E-state index is 0.103. The average molecular weight is 330 g/mol. The number of carbonyl (C=O) groups is 1. The molecule has 0 aromatic heterocycles. The number of rotatable bonds is 4. The summed E-state index contributed by atoms with van der Waals surface area (Å²) in [7, 11) is 0. The van der Waals surface area contributed by atoms with Crippen LogP contribution in [0, 0.1) is 0 Å². The van der Waals surface area contributed by atoms with Crippen LogP contribution in [0.5, 0.6) is 5.75 Å². The SMILES string of the molecule is NC(=O)C(Oc1cccc(C(F)(F)F)c1)c1ccc(Cl)cc1. The highest BCUT2D eigenvalue weighted by atomic mass is 35.5. The van der Waals surface area contributed by atoms with E-state index in [1.165, 1.54) is 36.4 Å². The van der Waals surface area contributed by atoms with Crippen molar-refractivity contribution in [2.45, 2.75) is 12.3 Å². The zero-order valence-electron chi connectivity index (χ0n) is 11.1. The van der Waals surface area contributed by atoms with Gasteiger partial charge in [-0.1, -0.05) is 29.8 Å². The van der Waals surface area contributed by atoms with Crippen LogP contribution >= 0.6 is 11.6 Å². The Morgan fingerprint density at radius 1 is 1.14 bits per heavy atom. The Morgan fingerprint density at radius 3 is 2.32 bits per heavy atom. The van der Waals surface area contributed by atoms with Crippen molar-refractivity contribution in [3.8, 4) is 5.75 Å². The highest BCUT2D eigenvalue weighted by Gasteiger charge is 2.31. The van der Waals surface area contributed by atoms with Gasteiger partial charge in [0.1, 0.15) is 5.75 Å². The summed E-state index contributed by atoms with van der Waals surface area (Å²) >= 11 is 5.75. The molecule has 3 nitrogen and oxygen atoms in total. The van der Waals surface area contributed by atoms with Crippen LogP contribution < -0.4 is 10.5 Å². The summed E-state index contributed by atoms with van der Waals surface area (Å²) in [5.74, 6) is -0.923. The first-order chi connectivity index (χ1) is 10.3. The van der Waals surface area contributed by atoms with E-state index in [2.05, 4.69) is 0 Å². The molecule has 2 aromatic rings. The van der Waals surface area contributed by atoms with Gasteiger partial charge in [-0.2, -0.15) is 13.2 Å². The molecule has 0 saturated heterocycles. The van der Waals surface area contributed by atoms with Gasteiger partial charge < -0.3 is 10.5 Å². The van der Waals surface area contributed by atoms with Crippen molar-refractivity contribution in [3.05, 3.63) is 64.7 Å². The van der Waals surface area contributed by atoms with Crippen LogP contribution in [0.2, 0.25) is 5.02 Å². The third-order valence-corrected chi connectivity index (χ3v) is 3.10. The second-order valence-electron chi connectivity index (χ2n) is 4.48. The molecule has 1 atom stereocenters. The number of ether oxygens (including phenoxy) is 1. The lowest BCUT2D eigenvalue weighted by Gasteiger charge is -2.17. The van der Waals surface area contributed by atoms with Gasteiger partial charge in [-0.25, -0.2) is 0 Å². The maximum atomic E-state index is 12.7. The van der Waals surface area contributed by atoms with Crippen molar-refractivity contribution in [1.29, 1.82) is 0 Å². The topological polar surface area (TPSA) is 52.3 Å². The molecule has 2 aromatic carbocycles. The number of benzene rings is 2. The molecule has 1 amide bonds. The lowest BCUT2D eigenvalue weighted by molar-refractivity contribution is -0.137. The Labute approximate surface area is 129 Å². The smallest absolute Gasteiger partial charge is 0.416 e. The van der Waals surface area contributed by atoms with Gasteiger partial charge in [0.25, 0.3) is 5.91 Å². The van der Waals surface area contributed by atoms with Gasteiger partial charge in [0, 0.05) is 10.6 Å². The van der Waals surface area contributed by atoms with Crippen molar-refractivity contribution in [3.63, 3.8) is 0 Å². The van der Waals surface area contributed by atoms with Gasteiger partial charge in [-0.05, 0) is 30.3 Å². The molecule has 0 heterocycles. The minimum Gasteiger partial charge on any atom is -0.476 e. The van der Waals surface area contributed by atoms with E-state index in [1.54, 1.807) is 0 Å². The van der Waals surface area contributed by atoms with Crippen molar-refractivity contribution in [2.75, 3.05) is 0 Å². The predicted molar refractivity (Wildman–Crippen MR) is 75.5 cm³/mol. The quantitative estimate of drug-likeness (QED) is 0.923. The van der Waals surface area contributed by atoms with Crippen molar-refractivity contribution in [1.82, 2.24) is 0 Å². The van der Waals surface area contributed by atoms with Crippen molar-refractivity contribution < 1.29 is 22.7 Å². The number of alkyl halides is 3. The Bertz CT molecular complexity index is 671. The van der Waals surface area contributed by atoms with Crippen LogP contribution in [-0.2, 0) is 11.0 Å². The number of halogens is 4. The van der Waals surface area contributed by atoms with Crippen LogP contribution in [0.25, 0.3) is 0 Å². The van der Waals surface area contributed by atoms with Crippen molar-refractivity contribution in [2.24, 2.45) is 5.73 Å². The van der Waals surface area contributed by atoms with Gasteiger partial charge >= 0.3 is 6.18 Å².